The molecule has 0 spiro atoms. The number of rotatable bonds is 9. The first-order valence-corrected chi connectivity index (χ1v) is 9.39. The Hall–Kier alpha value is -2.70. The highest BCUT2D eigenvalue weighted by Gasteiger charge is 2.18. The number of aromatic nitrogens is 2. The first-order chi connectivity index (χ1) is 13.3. The Morgan fingerprint density at radius 3 is 2.18 bits per heavy atom. The van der Waals surface area contributed by atoms with Gasteiger partial charge < -0.3 is 19.5 Å². The molecule has 2 aromatic rings. The number of ether oxygens (including phenoxy) is 3. The zero-order valence-corrected chi connectivity index (χ0v) is 17.9. The van der Waals surface area contributed by atoms with E-state index in [1.54, 1.807) is 33.5 Å². The molecule has 1 N–H and O–H groups in total. The van der Waals surface area contributed by atoms with Gasteiger partial charge in [0.05, 0.1) is 45.6 Å². The predicted molar refractivity (Wildman–Crippen MR) is 108 cm³/mol. The van der Waals surface area contributed by atoms with Gasteiger partial charge in [-0.3, -0.25) is 9.48 Å². The summed E-state index contributed by atoms with van der Waals surface area (Å²) < 4.78 is 18.1. The molecule has 0 saturated carbocycles. The highest BCUT2D eigenvalue weighted by atomic mass is 16.5. The van der Waals surface area contributed by atoms with Crippen LogP contribution in [0.2, 0.25) is 0 Å². The first kappa shape index (κ1) is 21.6. The molecule has 0 bridgehead atoms. The van der Waals surface area contributed by atoms with Crippen LogP contribution in [-0.2, 0) is 24.3 Å². The average Bonchev–Trinajstić information content (AvgIpc) is 2.92. The molecule has 0 saturated heterocycles. The standard InChI is InChI=1S/C21H31N3O4/c1-13(2)12-24-15(4)17(14(3)23-24)10-21(25)22-11-18-19(27-6)8-16(26-5)9-20(18)28-7/h8-9,13H,10-12H2,1-7H3,(H,22,25). The van der Waals surface area contributed by atoms with Crippen molar-refractivity contribution < 1.29 is 19.0 Å². The van der Waals surface area contributed by atoms with Crippen molar-refractivity contribution in [2.24, 2.45) is 5.92 Å². The number of hydrogen-bond acceptors (Lipinski definition) is 5. The van der Waals surface area contributed by atoms with Gasteiger partial charge in [0.25, 0.3) is 0 Å². The molecule has 28 heavy (non-hydrogen) atoms. The van der Waals surface area contributed by atoms with Gasteiger partial charge in [0, 0.05) is 29.9 Å². The van der Waals surface area contributed by atoms with Crippen LogP contribution in [0.1, 0.15) is 36.4 Å². The van der Waals surface area contributed by atoms with Crippen molar-refractivity contribution in [3.63, 3.8) is 0 Å². The van der Waals surface area contributed by atoms with Crippen molar-refractivity contribution in [2.75, 3.05) is 21.3 Å². The van der Waals surface area contributed by atoms with Crippen LogP contribution < -0.4 is 19.5 Å². The lowest BCUT2D eigenvalue weighted by atomic mass is 10.1. The molecular weight excluding hydrogens is 358 g/mol. The summed E-state index contributed by atoms with van der Waals surface area (Å²) in [6.07, 6.45) is 0.288. The Bertz CT molecular complexity index is 802. The van der Waals surface area contributed by atoms with Crippen molar-refractivity contribution in [1.82, 2.24) is 15.1 Å². The lowest BCUT2D eigenvalue weighted by molar-refractivity contribution is -0.120. The second-order valence-corrected chi connectivity index (χ2v) is 7.19. The lowest BCUT2D eigenvalue weighted by Gasteiger charge is -2.15. The first-order valence-electron chi connectivity index (χ1n) is 9.39. The predicted octanol–water partition coefficient (Wildman–Crippen LogP) is 3.04. The molecule has 0 fully saturated rings. The summed E-state index contributed by atoms with van der Waals surface area (Å²) in [7, 11) is 4.74. The second kappa shape index (κ2) is 9.48. The molecule has 7 nitrogen and oxygen atoms in total. The number of hydrogen-bond donors (Lipinski definition) is 1. The average molecular weight is 389 g/mol. The third-order valence-electron chi connectivity index (χ3n) is 4.69. The van der Waals surface area contributed by atoms with Gasteiger partial charge in [0.1, 0.15) is 17.2 Å². The topological polar surface area (TPSA) is 74.6 Å². The number of nitrogens with zero attached hydrogens (tertiary/aromatic N) is 2. The molecule has 7 heteroatoms. The largest absolute Gasteiger partial charge is 0.496 e. The van der Waals surface area contributed by atoms with E-state index in [2.05, 4.69) is 24.3 Å². The van der Waals surface area contributed by atoms with Gasteiger partial charge in [-0.2, -0.15) is 5.10 Å². The van der Waals surface area contributed by atoms with E-state index in [1.807, 2.05) is 18.5 Å². The fourth-order valence-corrected chi connectivity index (χ4v) is 3.18. The molecule has 1 aromatic carbocycles. The van der Waals surface area contributed by atoms with E-state index in [0.717, 1.165) is 29.1 Å². The van der Waals surface area contributed by atoms with E-state index < -0.39 is 0 Å². The van der Waals surface area contributed by atoms with Gasteiger partial charge >= 0.3 is 0 Å². The highest BCUT2D eigenvalue weighted by Crippen LogP contribution is 2.33. The molecule has 0 atom stereocenters. The monoisotopic (exact) mass is 389 g/mol. The summed E-state index contributed by atoms with van der Waals surface area (Å²) in [5.41, 5.74) is 3.68. The van der Waals surface area contributed by atoms with E-state index in [4.69, 9.17) is 14.2 Å². The summed E-state index contributed by atoms with van der Waals surface area (Å²) in [5, 5.41) is 7.54. The van der Waals surface area contributed by atoms with E-state index in [-0.39, 0.29) is 12.3 Å². The molecule has 154 valence electrons. The summed E-state index contributed by atoms with van der Waals surface area (Å²) in [5.74, 6) is 2.26. The maximum atomic E-state index is 12.6. The minimum atomic E-state index is -0.0739. The zero-order valence-electron chi connectivity index (χ0n) is 17.9. The number of aryl methyl sites for hydroxylation is 1. The highest BCUT2D eigenvalue weighted by molar-refractivity contribution is 5.79. The second-order valence-electron chi connectivity index (χ2n) is 7.19. The minimum Gasteiger partial charge on any atom is -0.496 e. The Kier molecular flexibility index (Phi) is 7.31. The third-order valence-corrected chi connectivity index (χ3v) is 4.69. The van der Waals surface area contributed by atoms with Crippen LogP contribution in [0.5, 0.6) is 17.2 Å². The Morgan fingerprint density at radius 1 is 1.07 bits per heavy atom. The normalized spacial score (nSPS) is 10.9. The molecule has 0 radical (unpaired) electrons. The van der Waals surface area contributed by atoms with E-state index >= 15 is 0 Å². The quantitative estimate of drug-likeness (QED) is 0.713. The number of nitrogens with one attached hydrogen (secondary N) is 1. The molecule has 1 aromatic heterocycles. The van der Waals surface area contributed by atoms with Crippen LogP contribution in [0.3, 0.4) is 0 Å². The van der Waals surface area contributed by atoms with Crippen LogP contribution in [0, 0.1) is 19.8 Å². The number of amides is 1. The van der Waals surface area contributed by atoms with Gasteiger partial charge in [0.15, 0.2) is 0 Å². The van der Waals surface area contributed by atoms with E-state index in [1.165, 1.54) is 0 Å². The fourth-order valence-electron chi connectivity index (χ4n) is 3.18. The number of benzene rings is 1. The van der Waals surface area contributed by atoms with Crippen molar-refractivity contribution in [1.29, 1.82) is 0 Å². The Labute approximate surface area is 167 Å². The van der Waals surface area contributed by atoms with E-state index in [0.29, 0.717) is 29.7 Å². The summed E-state index contributed by atoms with van der Waals surface area (Å²) in [4.78, 5) is 12.6. The zero-order chi connectivity index (χ0) is 20.8. The van der Waals surface area contributed by atoms with Gasteiger partial charge in [-0.15, -0.1) is 0 Å². The van der Waals surface area contributed by atoms with Gasteiger partial charge in [0.2, 0.25) is 5.91 Å². The number of methoxy groups -OCH3 is 3. The molecule has 0 aliphatic rings. The number of carbonyl (C=O) groups is 1. The van der Waals surface area contributed by atoms with Crippen molar-refractivity contribution in [3.8, 4) is 17.2 Å². The lowest BCUT2D eigenvalue weighted by Crippen LogP contribution is -2.25. The maximum Gasteiger partial charge on any atom is 0.224 e. The summed E-state index contributed by atoms with van der Waals surface area (Å²) in [6.45, 7) is 9.40. The van der Waals surface area contributed by atoms with Gasteiger partial charge in [-0.25, -0.2) is 0 Å². The minimum absolute atomic E-state index is 0.0739. The molecule has 0 aliphatic heterocycles. The maximum absolute atomic E-state index is 12.6. The molecular formula is C21H31N3O4. The SMILES string of the molecule is COc1cc(OC)c(CNC(=O)Cc2c(C)nn(CC(C)C)c2C)c(OC)c1. The van der Waals surface area contributed by atoms with Crippen LogP contribution in [-0.4, -0.2) is 37.0 Å². The smallest absolute Gasteiger partial charge is 0.224 e. The number of carbonyl (C=O) groups excluding carboxylic acids is 1. The van der Waals surface area contributed by atoms with Gasteiger partial charge in [-0.05, 0) is 19.8 Å². The Balaban J connectivity index is 2.12. The van der Waals surface area contributed by atoms with E-state index in [9.17, 15) is 4.79 Å². The van der Waals surface area contributed by atoms with Crippen LogP contribution in [0.4, 0.5) is 0 Å². The third kappa shape index (κ3) is 4.97. The van der Waals surface area contributed by atoms with Crippen molar-refractivity contribution >= 4 is 5.91 Å². The van der Waals surface area contributed by atoms with Crippen LogP contribution >= 0.6 is 0 Å². The molecule has 1 amide bonds. The molecule has 0 aliphatic carbocycles. The summed E-state index contributed by atoms with van der Waals surface area (Å²) >= 11 is 0. The Morgan fingerprint density at radius 2 is 1.68 bits per heavy atom. The molecule has 2 rings (SSSR count). The fraction of sp³-hybridized carbons (Fsp3) is 0.524. The van der Waals surface area contributed by atoms with Crippen LogP contribution in [0.25, 0.3) is 0 Å². The van der Waals surface area contributed by atoms with Crippen molar-refractivity contribution in [2.45, 2.75) is 47.2 Å². The van der Waals surface area contributed by atoms with Crippen molar-refractivity contribution in [3.05, 3.63) is 34.6 Å². The van der Waals surface area contributed by atoms with Gasteiger partial charge in [-0.1, -0.05) is 13.8 Å². The van der Waals surface area contributed by atoms with Crippen LogP contribution in [0.15, 0.2) is 12.1 Å². The molecule has 1 heterocycles. The summed E-state index contributed by atoms with van der Waals surface area (Å²) in [6, 6.07) is 3.54. The molecule has 0 unspecified atom stereocenters.